The number of benzene rings is 1. The zero-order chi connectivity index (χ0) is 12.1. The fourth-order valence-electron chi connectivity index (χ4n) is 1.37. The van der Waals surface area contributed by atoms with E-state index in [2.05, 4.69) is 21.9 Å². The molecule has 0 fully saturated rings. The number of carbonyl (C=O) groups is 1. The van der Waals surface area contributed by atoms with E-state index in [-0.39, 0.29) is 13.3 Å². The number of rotatable bonds is 2. The van der Waals surface area contributed by atoms with E-state index in [0.717, 1.165) is 0 Å². The highest BCUT2D eigenvalue weighted by Crippen LogP contribution is 2.34. The Morgan fingerprint density at radius 3 is 2.94 bits per heavy atom. The summed E-state index contributed by atoms with van der Waals surface area (Å²) in [5.74, 6) is 6.48. The molecule has 0 amide bonds. The summed E-state index contributed by atoms with van der Waals surface area (Å²) in [6, 6.07) is 3.21. The molecule has 0 unspecified atom stereocenters. The molecule has 1 aliphatic rings. The third kappa shape index (κ3) is 2.30. The van der Waals surface area contributed by atoms with Crippen LogP contribution in [0.15, 0.2) is 17.2 Å². The van der Waals surface area contributed by atoms with Crippen LogP contribution in [0.5, 0.6) is 11.5 Å². The van der Waals surface area contributed by atoms with E-state index < -0.39 is 0 Å². The molecule has 1 heterocycles. The van der Waals surface area contributed by atoms with Gasteiger partial charge in [-0.3, -0.25) is 4.79 Å². The molecule has 0 N–H and O–H groups in total. The van der Waals surface area contributed by atoms with Crippen molar-refractivity contribution in [3.63, 3.8) is 0 Å². The summed E-state index contributed by atoms with van der Waals surface area (Å²) < 4.78 is 10.3. The maximum Gasteiger partial charge on any atom is 0.231 e. The van der Waals surface area contributed by atoms with Gasteiger partial charge in [-0.1, -0.05) is 17.0 Å². The number of carbonyl (C=O) groups excluding carboxylic acids is 1. The van der Waals surface area contributed by atoms with Gasteiger partial charge in [0, 0.05) is 22.1 Å². The van der Waals surface area contributed by atoms with Gasteiger partial charge in [-0.25, -0.2) is 0 Å². The highest BCUT2D eigenvalue weighted by atomic mass is 16.7. The molecule has 0 atom stereocenters. The number of hydrogen-bond donors (Lipinski definition) is 0. The van der Waals surface area contributed by atoms with Gasteiger partial charge in [0.1, 0.15) is 0 Å². The van der Waals surface area contributed by atoms with Crippen molar-refractivity contribution in [1.82, 2.24) is 0 Å². The van der Waals surface area contributed by atoms with E-state index in [1.54, 1.807) is 12.1 Å². The van der Waals surface area contributed by atoms with Gasteiger partial charge in [0.15, 0.2) is 17.8 Å². The summed E-state index contributed by atoms with van der Waals surface area (Å²) >= 11 is 0. The summed E-state index contributed by atoms with van der Waals surface area (Å²) in [5, 5.41) is 3.28. The van der Waals surface area contributed by atoms with Crippen molar-refractivity contribution in [2.24, 2.45) is 5.11 Å². The van der Waals surface area contributed by atoms with Crippen LogP contribution in [0.2, 0.25) is 0 Å². The van der Waals surface area contributed by atoms with Crippen LogP contribution in [0.4, 0.5) is 0 Å². The Hall–Kier alpha value is -2.64. The first-order valence-electron chi connectivity index (χ1n) is 4.73. The number of hydrogen-bond acceptors (Lipinski definition) is 4. The van der Waals surface area contributed by atoms with Gasteiger partial charge in [0.2, 0.25) is 6.79 Å². The highest BCUT2D eigenvalue weighted by molar-refractivity contribution is 5.81. The van der Waals surface area contributed by atoms with Crippen molar-refractivity contribution in [2.75, 3.05) is 13.3 Å². The second-order valence-electron chi connectivity index (χ2n) is 3.10. The van der Waals surface area contributed by atoms with Crippen molar-refractivity contribution in [1.29, 1.82) is 0 Å². The lowest BCUT2D eigenvalue weighted by Gasteiger charge is -1.99. The quantitative estimate of drug-likeness (QED) is 0.255. The SMILES string of the molecule is [N-]=[N+]=NCC#Cc1cc2c(cc1C=O)OCO2. The maximum atomic E-state index is 10.9. The molecule has 0 saturated carbocycles. The van der Waals surface area contributed by atoms with E-state index in [0.29, 0.717) is 28.9 Å². The van der Waals surface area contributed by atoms with Gasteiger partial charge in [-0.05, 0) is 11.6 Å². The van der Waals surface area contributed by atoms with Crippen LogP contribution in [0.25, 0.3) is 10.4 Å². The average Bonchev–Trinajstić information content (AvgIpc) is 2.80. The maximum absolute atomic E-state index is 10.9. The van der Waals surface area contributed by atoms with Gasteiger partial charge in [-0.2, -0.15) is 0 Å². The third-order valence-electron chi connectivity index (χ3n) is 2.11. The molecule has 1 aromatic rings. The van der Waals surface area contributed by atoms with Crippen molar-refractivity contribution in [2.45, 2.75) is 0 Å². The lowest BCUT2D eigenvalue weighted by Crippen LogP contribution is -1.92. The van der Waals surface area contributed by atoms with Crippen LogP contribution in [0, 0.1) is 11.8 Å². The number of nitrogens with zero attached hydrogens (tertiary/aromatic N) is 3. The first-order chi connectivity index (χ1) is 8.35. The summed E-state index contributed by atoms with van der Waals surface area (Å²) in [6.45, 7) is 0.201. The molecule has 0 saturated heterocycles. The molecule has 2 rings (SSSR count). The Morgan fingerprint density at radius 1 is 1.47 bits per heavy atom. The van der Waals surface area contributed by atoms with E-state index in [1.165, 1.54) is 0 Å². The minimum absolute atomic E-state index is 0.0588. The van der Waals surface area contributed by atoms with Gasteiger partial charge < -0.3 is 9.47 Å². The van der Waals surface area contributed by atoms with E-state index in [1.807, 2.05) is 0 Å². The first-order valence-corrected chi connectivity index (χ1v) is 4.73. The normalized spacial score (nSPS) is 11.1. The van der Waals surface area contributed by atoms with Crippen molar-refractivity contribution in [3.8, 4) is 23.3 Å². The smallest absolute Gasteiger partial charge is 0.231 e. The van der Waals surface area contributed by atoms with Crippen molar-refractivity contribution in [3.05, 3.63) is 33.7 Å². The van der Waals surface area contributed by atoms with Crippen molar-refractivity contribution >= 4 is 6.29 Å². The molecule has 17 heavy (non-hydrogen) atoms. The monoisotopic (exact) mass is 229 g/mol. The van der Waals surface area contributed by atoms with E-state index >= 15 is 0 Å². The molecule has 0 spiro atoms. The van der Waals surface area contributed by atoms with Crippen LogP contribution < -0.4 is 9.47 Å². The fraction of sp³-hybridized carbons (Fsp3) is 0.182. The molecule has 0 aromatic heterocycles. The molecule has 6 nitrogen and oxygen atoms in total. The van der Waals surface area contributed by atoms with E-state index in [4.69, 9.17) is 15.0 Å². The van der Waals surface area contributed by atoms with Crippen LogP contribution in [-0.4, -0.2) is 19.6 Å². The topological polar surface area (TPSA) is 84.3 Å². The standard InChI is InChI=1S/C11H7N3O3/c12-14-13-3-1-2-8-4-10-11(17-7-16-10)5-9(8)6-15/h4-6H,3,7H2. The molecule has 0 bridgehead atoms. The summed E-state index contributed by atoms with van der Waals surface area (Å²) in [4.78, 5) is 13.4. The Morgan fingerprint density at radius 2 is 2.24 bits per heavy atom. The zero-order valence-corrected chi connectivity index (χ0v) is 8.71. The van der Waals surface area contributed by atoms with Crippen LogP contribution in [0.3, 0.4) is 0 Å². The van der Waals surface area contributed by atoms with Gasteiger partial charge in [0.25, 0.3) is 0 Å². The third-order valence-corrected chi connectivity index (χ3v) is 2.11. The van der Waals surface area contributed by atoms with Gasteiger partial charge in [0.05, 0.1) is 6.54 Å². The lowest BCUT2D eigenvalue weighted by atomic mass is 10.1. The Labute approximate surface area is 96.8 Å². The Balaban J connectivity index is 2.34. The molecule has 1 aromatic carbocycles. The molecular formula is C11H7N3O3. The molecule has 1 aliphatic heterocycles. The molecule has 0 aliphatic carbocycles. The summed E-state index contributed by atoms with van der Waals surface area (Å²) in [6.07, 6.45) is 0.694. The average molecular weight is 229 g/mol. The second-order valence-corrected chi connectivity index (χ2v) is 3.10. The molecule has 84 valence electrons. The molecule has 0 radical (unpaired) electrons. The van der Waals surface area contributed by atoms with Crippen LogP contribution >= 0.6 is 0 Å². The Kier molecular flexibility index (Phi) is 3.15. The number of fused-ring (bicyclic) bond motifs is 1. The molecular weight excluding hydrogens is 222 g/mol. The minimum Gasteiger partial charge on any atom is -0.454 e. The van der Waals surface area contributed by atoms with Crippen LogP contribution in [-0.2, 0) is 0 Å². The summed E-state index contributed by atoms with van der Waals surface area (Å²) in [7, 11) is 0. The zero-order valence-electron chi connectivity index (χ0n) is 8.71. The lowest BCUT2D eigenvalue weighted by molar-refractivity contribution is 0.112. The second kappa shape index (κ2) is 4.92. The number of aldehydes is 1. The predicted molar refractivity (Wildman–Crippen MR) is 58.8 cm³/mol. The first kappa shape index (κ1) is 10.9. The predicted octanol–water partition coefficient (Wildman–Crippen LogP) is 1.89. The number of ether oxygens (including phenoxy) is 2. The Bertz CT molecular complexity index is 565. The summed E-state index contributed by atoms with van der Waals surface area (Å²) in [5.41, 5.74) is 9.03. The van der Waals surface area contributed by atoms with E-state index in [9.17, 15) is 4.79 Å². The fourth-order valence-corrected chi connectivity index (χ4v) is 1.37. The largest absolute Gasteiger partial charge is 0.454 e. The van der Waals surface area contributed by atoms with Crippen LogP contribution in [0.1, 0.15) is 15.9 Å². The minimum atomic E-state index is 0.0588. The highest BCUT2D eigenvalue weighted by Gasteiger charge is 2.15. The van der Waals surface area contributed by atoms with Gasteiger partial charge in [-0.15, -0.1) is 0 Å². The number of azide groups is 1. The molecule has 6 heteroatoms. The van der Waals surface area contributed by atoms with Crippen molar-refractivity contribution < 1.29 is 14.3 Å². The van der Waals surface area contributed by atoms with Gasteiger partial charge >= 0.3 is 0 Å².